The summed E-state index contributed by atoms with van der Waals surface area (Å²) >= 11 is 7.77. The minimum Gasteiger partial charge on any atom is -0.497 e. The monoisotopic (exact) mass is 556 g/mol. The molecular formula is C26H34Cl2N2O5S. The molecule has 0 fully saturated rings. The van der Waals surface area contributed by atoms with Crippen LogP contribution in [-0.4, -0.2) is 56.2 Å². The average molecular weight is 558 g/mol. The van der Waals surface area contributed by atoms with E-state index < -0.39 is 0 Å². The number of anilines is 1. The molecule has 0 saturated carbocycles. The van der Waals surface area contributed by atoms with E-state index in [-0.39, 0.29) is 42.2 Å². The second kappa shape index (κ2) is 14.0. The van der Waals surface area contributed by atoms with Gasteiger partial charge in [0.15, 0.2) is 0 Å². The second-order valence-electron chi connectivity index (χ2n) is 8.45. The molecule has 2 aromatic carbocycles. The number of fused-ring (bicyclic) bond motifs is 1. The van der Waals surface area contributed by atoms with Gasteiger partial charge < -0.3 is 14.2 Å². The molecule has 0 N–H and O–H groups in total. The number of halogens is 2. The molecule has 0 aliphatic carbocycles. The molecule has 1 atom stereocenters. The standard InChI is InChI=1S/C26H33ClN2O5S.ClH/c1-6-33-25(31)16-28(17(2)3)12-7-13-34-23-11-9-20(32-5)15-21(23)26-29(18(4)30)22-10-8-19(27)14-24(22)35-26;/h8-11,14-15,17,26H,6-7,12-13,16H2,1-5H3;1H. The van der Waals surface area contributed by atoms with Crippen molar-refractivity contribution in [3.8, 4) is 11.5 Å². The number of thioether (sulfide) groups is 1. The van der Waals surface area contributed by atoms with Crippen LogP contribution in [0.3, 0.4) is 0 Å². The first-order valence-corrected chi connectivity index (χ1v) is 13.0. The van der Waals surface area contributed by atoms with Gasteiger partial charge in [0, 0.05) is 35.0 Å². The van der Waals surface area contributed by atoms with Crippen LogP contribution in [0.1, 0.15) is 45.1 Å². The van der Waals surface area contributed by atoms with E-state index in [1.807, 2.05) is 30.3 Å². The summed E-state index contributed by atoms with van der Waals surface area (Å²) in [6.07, 6.45) is 0.729. The molecule has 1 unspecified atom stereocenters. The van der Waals surface area contributed by atoms with Crippen LogP contribution >= 0.6 is 35.8 Å². The van der Waals surface area contributed by atoms with Gasteiger partial charge in [-0.25, -0.2) is 0 Å². The summed E-state index contributed by atoms with van der Waals surface area (Å²) in [6, 6.07) is 11.4. The molecule has 10 heteroatoms. The largest absolute Gasteiger partial charge is 0.497 e. The van der Waals surface area contributed by atoms with Gasteiger partial charge >= 0.3 is 5.97 Å². The van der Waals surface area contributed by atoms with Crippen molar-refractivity contribution in [1.29, 1.82) is 0 Å². The topological polar surface area (TPSA) is 68.3 Å². The van der Waals surface area contributed by atoms with Crippen LogP contribution in [0, 0.1) is 0 Å². The average Bonchev–Trinajstić information content (AvgIpc) is 3.19. The number of methoxy groups -OCH3 is 1. The van der Waals surface area contributed by atoms with E-state index in [1.54, 1.807) is 43.7 Å². The van der Waals surface area contributed by atoms with E-state index in [2.05, 4.69) is 18.7 Å². The molecule has 1 amide bonds. The van der Waals surface area contributed by atoms with Crippen molar-refractivity contribution in [2.45, 2.75) is 50.4 Å². The third kappa shape index (κ3) is 7.44. The summed E-state index contributed by atoms with van der Waals surface area (Å²) in [5.74, 6) is 1.09. The fraction of sp³-hybridized carbons (Fsp3) is 0.462. The number of carbonyl (C=O) groups is 2. The molecule has 0 aromatic heterocycles. The Morgan fingerprint density at radius 2 is 1.94 bits per heavy atom. The first kappa shape index (κ1) is 30.1. The number of rotatable bonds is 11. The SMILES string of the molecule is CCOC(=O)CN(CCCOc1ccc(OC)cc1C1Sc2cc(Cl)ccc2N1C(C)=O)C(C)C.Cl. The van der Waals surface area contributed by atoms with Gasteiger partial charge in [0.1, 0.15) is 16.9 Å². The number of ether oxygens (including phenoxy) is 3. The van der Waals surface area contributed by atoms with E-state index in [9.17, 15) is 9.59 Å². The van der Waals surface area contributed by atoms with Crippen LogP contribution in [-0.2, 0) is 14.3 Å². The van der Waals surface area contributed by atoms with Crippen molar-refractivity contribution >= 4 is 53.3 Å². The molecule has 2 aromatic rings. The summed E-state index contributed by atoms with van der Waals surface area (Å²) < 4.78 is 16.8. The summed E-state index contributed by atoms with van der Waals surface area (Å²) in [5.41, 5.74) is 1.68. The van der Waals surface area contributed by atoms with Crippen molar-refractivity contribution in [3.05, 3.63) is 47.0 Å². The van der Waals surface area contributed by atoms with E-state index in [0.717, 1.165) is 22.6 Å². The maximum atomic E-state index is 12.6. The smallest absolute Gasteiger partial charge is 0.320 e. The van der Waals surface area contributed by atoms with Crippen molar-refractivity contribution in [3.63, 3.8) is 0 Å². The lowest BCUT2D eigenvalue weighted by atomic mass is 10.1. The van der Waals surface area contributed by atoms with Crippen LogP contribution in [0.5, 0.6) is 11.5 Å². The summed E-state index contributed by atoms with van der Waals surface area (Å²) in [5, 5.41) is 0.321. The molecule has 36 heavy (non-hydrogen) atoms. The number of esters is 1. The normalized spacial score (nSPS) is 14.4. The Hall–Kier alpha value is -2.13. The zero-order valence-corrected chi connectivity index (χ0v) is 23.7. The maximum absolute atomic E-state index is 12.6. The highest BCUT2D eigenvalue weighted by atomic mass is 35.5. The second-order valence-corrected chi connectivity index (χ2v) is 10.0. The molecule has 3 rings (SSSR count). The van der Waals surface area contributed by atoms with E-state index in [4.69, 9.17) is 25.8 Å². The minimum atomic E-state index is -0.304. The van der Waals surface area contributed by atoms with Gasteiger partial charge in [-0.3, -0.25) is 19.4 Å². The lowest BCUT2D eigenvalue weighted by molar-refractivity contribution is -0.145. The Kier molecular flexibility index (Phi) is 11.7. The molecule has 0 saturated heterocycles. The van der Waals surface area contributed by atoms with Gasteiger partial charge in [-0.15, -0.1) is 12.4 Å². The molecule has 1 aliphatic rings. The van der Waals surface area contributed by atoms with E-state index in [1.165, 1.54) is 0 Å². The fourth-order valence-corrected chi connectivity index (χ4v) is 5.58. The van der Waals surface area contributed by atoms with E-state index >= 15 is 0 Å². The third-order valence-electron chi connectivity index (χ3n) is 5.69. The van der Waals surface area contributed by atoms with Crippen molar-refractivity contribution in [1.82, 2.24) is 4.90 Å². The first-order chi connectivity index (χ1) is 16.7. The molecular weight excluding hydrogens is 523 g/mol. The number of hydrogen-bond donors (Lipinski definition) is 0. The molecule has 7 nitrogen and oxygen atoms in total. The van der Waals surface area contributed by atoms with Crippen LogP contribution in [0.4, 0.5) is 5.69 Å². The molecule has 1 aliphatic heterocycles. The summed E-state index contributed by atoms with van der Waals surface area (Å²) in [6.45, 7) is 9.26. The Morgan fingerprint density at radius 1 is 1.19 bits per heavy atom. The van der Waals surface area contributed by atoms with Crippen molar-refractivity contribution in [2.75, 3.05) is 38.3 Å². The van der Waals surface area contributed by atoms with Crippen molar-refractivity contribution in [2.24, 2.45) is 0 Å². The Morgan fingerprint density at radius 3 is 2.58 bits per heavy atom. The highest BCUT2D eigenvalue weighted by Crippen LogP contribution is 2.54. The Balaban J connectivity index is 0.00000456. The highest BCUT2D eigenvalue weighted by molar-refractivity contribution is 8.00. The minimum absolute atomic E-state index is 0. The number of carbonyl (C=O) groups excluding carboxylic acids is 2. The predicted molar refractivity (Wildman–Crippen MR) is 147 cm³/mol. The summed E-state index contributed by atoms with van der Waals surface area (Å²) in [4.78, 5) is 29.3. The lowest BCUT2D eigenvalue weighted by Gasteiger charge is -2.27. The number of amides is 1. The number of nitrogens with zero attached hydrogens (tertiary/aromatic N) is 2. The van der Waals surface area contributed by atoms with Crippen LogP contribution in [0.25, 0.3) is 0 Å². The van der Waals surface area contributed by atoms with Crippen molar-refractivity contribution < 1.29 is 23.8 Å². The van der Waals surface area contributed by atoms with Gasteiger partial charge in [-0.05, 0) is 63.6 Å². The van der Waals surface area contributed by atoms with E-state index in [0.29, 0.717) is 36.3 Å². The van der Waals surface area contributed by atoms with Gasteiger partial charge in [-0.1, -0.05) is 23.4 Å². The number of hydrogen-bond acceptors (Lipinski definition) is 7. The molecule has 0 spiro atoms. The zero-order chi connectivity index (χ0) is 25.5. The zero-order valence-electron chi connectivity index (χ0n) is 21.3. The fourth-order valence-electron chi connectivity index (χ4n) is 3.94. The van der Waals surface area contributed by atoms with Gasteiger partial charge in [0.05, 0.1) is 32.6 Å². The van der Waals surface area contributed by atoms with Gasteiger partial charge in [-0.2, -0.15) is 0 Å². The molecule has 198 valence electrons. The van der Waals surface area contributed by atoms with Crippen LogP contribution < -0.4 is 14.4 Å². The molecule has 1 heterocycles. The van der Waals surface area contributed by atoms with Gasteiger partial charge in [0.2, 0.25) is 5.91 Å². The first-order valence-electron chi connectivity index (χ1n) is 11.7. The lowest BCUT2D eigenvalue weighted by Crippen LogP contribution is -2.37. The van der Waals surface area contributed by atoms with Gasteiger partial charge in [0.25, 0.3) is 0 Å². The van der Waals surface area contributed by atoms with Crippen LogP contribution in [0.15, 0.2) is 41.3 Å². The Labute approximate surface area is 228 Å². The maximum Gasteiger partial charge on any atom is 0.320 e. The predicted octanol–water partition coefficient (Wildman–Crippen LogP) is 5.97. The quantitative estimate of drug-likeness (QED) is 0.249. The summed E-state index contributed by atoms with van der Waals surface area (Å²) in [7, 11) is 1.61. The molecule has 0 bridgehead atoms. The molecule has 0 radical (unpaired) electrons. The van der Waals surface area contributed by atoms with Crippen LogP contribution in [0.2, 0.25) is 5.02 Å². The Bertz CT molecular complexity index is 1050. The third-order valence-corrected chi connectivity index (χ3v) is 7.20. The highest BCUT2D eigenvalue weighted by Gasteiger charge is 2.36. The number of benzene rings is 2.